The minimum Gasteiger partial charge on any atom is -0.312 e. The molecule has 0 saturated carbocycles. The quantitative estimate of drug-likeness (QED) is 0.873. The van der Waals surface area contributed by atoms with Crippen molar-refractivity contribution in [1.82, 2.24) is 0 Å². The van der Waals surface area contributed by atoms with Crippen LogP contribution in [-0.2, 0) is 4.79 Å². The van der Waals surface area contributed by atoms with Crippen molar-refractivity contribution in [1.29, 1.82) is 0 Å². The maximum Gasteiger partial charge on any atom is 0.258 e. The average Bonchev–Trinajstić information content (AvgIpc) is 3.00. The van der Waals surface area contributed by atoms with E-state index in [0.29, 0.717) is 12.0 Å². The van der Waals surface area contributed by atoms with Gasteiger partial charge < -0.3 is 9.80 Å². The van der Waals surface area contributed by atoms with Crippen LogP contribution in [0.3, 0.4) is 0 Å². The Morgan fingerprint density at radius 2 is 1.73 bits per heavy atom. The highest BCUT2D eigenvalue weighted by Gasteiger charge is 2.22. The number of hydrogen-bond donors (Lipinski definition) is 0. The van der Waals surface area contributed by atoms with Gasteiger partial charge >= 0.3 is 0 Å². The Balaban J connectivity index is 1.78. The van der Waals surface area contributed by atoms with E-state index in [1.807, 2.05) is 42.5 Å². The van der Waals surface area contributed by atoms with E-state index in [2.05, 4.69) is 0 Å². The van der Waals surface area contributed by atoms with E-state index >= 15 is 0 Å². The van der Waals surface area contributed by atoms with Crippen molar-refractivity contribution in [3.63, 3.8) is 0 Å². The Kier molecular flexibility index (Phi) is 3.92. The first kappa shape index (κ1) is 14.3. The Hall–Kier alpha value is -2.62. The van der Waals surface area contributed by atoms with Gasteiger partial charge in [0.1, 0.15) is 0 Å². The first-order valence-corrected chi connectivity index (χ1v) is 7.40. The van der Waals surface area contributed by atoms with E-state index in [4.69, 9.17) is 0 Å². The Bertz CT molecular complexity index is 680. The van der Waals surface area contributed by atoms with E-state index < -0.39 is 0 Å². The predicted molar refractivity (Wildman–Crippen MR) is 87.2 cm³/mol. The first-order valence-electron chi connectivity index (χ1n) is 7.40. The summed E-state index contributed by atoms with van der Waals surface area (Å²) < 4.78 is 0. The van der Waals surface area contributed by atoms with Crippen molar-refractivity contribution in [3.8, 4) is 0 Å². The van der Waals surface area contributed by atoms with Gasteiger partial charge in [-0.05, 0) is 42.8 Å². The lowest BCUT2D eigenvalue weighted by atomic mass is 10.1. The summed E-state index contributed by atoms with van der Waals surface area (Å²) in [7, 11) is 1.76. The Labute approximate surface area is 130 Å². The standard InChI is InChI=1S/C18H18N2O2/c1-19(15-6-3-2-4-7-15)18(22)14-9-11-16(12-10-14)20-13-5-8-17(20)21/h2-4,6-7,9-12H,5,8,13H2,1H3. The van der Waals surface area contributed by atoms with E-state index in [0.717, 1.165) is 24.3 Å². The first-order chi connectivity index (χ1) is 10.7. The highest BCUT2D eigenvalue weighted by Crippen LogP contribution is 2.22. The van der Waals surface area contributed by atoms with Gasteiger partial charge in [-0.2, -0.15) is 0 Å². The lowest BCUT2D eigenvalue weighted by Gasteiger charge is -2.19. The molecule has 0 unspecified atom stereocenters. The second kappa shape index (κ2) is 6.02. The summed E-state index contributed by atoms with van der Waals surface area (Å²) in [6.07, 6.45) is 1.51. The molecule has 112 valence electrons. The minimum atomic E-state index is -0.0644. The summed E-state index contributed by atoms with van der Waals surface area (Å²) in [5, 5.41) is 0. The average molecular weight is 294 g/mol. The number of benzene rings is 2. The van der Waals surface area contributed by atoms with Crippen molar-refractivity contribution in [3.05, 3.63) is 60.2 Å². The van der Waals surface area contributed by atoms with Crippen LogP contribution in [0.5, 0.6) is 0 Å². The summed E-state index contributed by atoms with van der Waals surface area (Å²) in [5.41, 5.74) is 2.33. The van der Waals surface area contributed by atoms with Gasteiger partial charge in [0.05, 0.1) is 0 Å². The molecule has 1 fully saturated rings. The third kappa shape index (κ3) is 2.72. The zero-order valence-electron chi connectivity index (χ0n) is 12.5. The van der Waals surface area contributed by atoms with Gasteiger partial charge in [0.2, 0.25) is 5.91 Å². The van der Waals surface area contributed by atoms with Crippen LogP contribution in [0.4, 0.5) is 11.4 Å². The number of amides is 2. The largest absolute Gasteiger partial charge is 0.312 e. The van der Waals surface area contributed by atoms with Crippen molar-refractivity contribution < 1.29 is 9.59 Å². The topological polar surface area (TPSA) is 40.6 Å². The molecule has 1 heterocycles. The van der Waals surface area contributed by atoms with Crippen molar-refractivity contribution in [2.75, 3.05) is 23.4 Å². The highest BCUT2D eigenvalue weighted by molar-refractivity contribution is 6.06. The molecule has 22 heavy (non-hydrogen) atoms. The summed E-state index contributed by atoms with van der Waals surface area (Å²) in [5.74, 6) is 0.0889. The van der Waals surface area contributed by atoms with E-state index in [-0.39, 0.29) is 11.8 Å². The molecule has 1 aliphatic heterocycles. The molecule has 0 atom stereocenters. The predicted octanol–water partition coefficient (Wildman–Crippen LogP) is 3.09. The van der Waals surface area contributed by atoms with Gasteiger partial charge in [0, 0.05) is 37.0 Å². The summed E-state index contributed by atoms with van der Waals surface area (Å²) in [6.45, 7) is 0.760. The molecule has 2 amide bonds. The number of carbonyl (C=O) groups is 2. The molecule has 0 N–H and O–H groups in total. The number of hydrogen-bond acceptors (Lipinski definition) is 2. The van der Waals surface area contributed by atoms with E-state index in [1.165, 1.54) is 0 Å². The third-order valence-electron chi connectivity index (χ3n) is 3.95. The molecule has 3 rings (SSSR count). The molecule has 0 aromatic heterocycles. The van der Waals surface area contributed by atoms with E-state index in [9.17, 15) is 9.59 Å². The van der Waals surface area contributed by atoms with Crippen LogP contribution < -0.4 is 9.80 Å². The van der Waals surface area contributed by atoms with Crippen LogP contribution in [0.2, 0.25) is 0 Å². The van der Waals surface area contributed by atoms with Crippen LogP contribution in [0.25, 0.3) is 0 Å². The van der Waals surface area contributed by atoms with Crippen LogP contribution in [0, 0.1) is 0 Å². The second-order valence-electron chi connectivity index (χ2n) is 5.40. The number of carbonyl (C=O) groups excluding carboxylic acids is 2. The smallest absolute Gasteiger partial charge is 0.258 e. The van der Waals surface area contributed by atoms with E-state index in [1.54, 1.807) is 29.0 Å². The molecule has 4 nitrogen and oxygen atoms in total. The lowest BCUT2D eigenvalue weighted by Crippen LogP contribution is -2.26. The number of para-hydroxylation sites is 1. The van der Waals surface area contributed by atoms with Gasteiger partial charge in [0.25, 0.3) is 5.91 Å². The summed E-state index contributed by atoms with van der Waals surface area (Å²) in [6, 6.07) is 16.8. The molecule has 0 spiro atoms. The lowest BCUT2D eigenvalue weighted by molar-refractivity contribution is -0.117. The van der Waals surface area contributed by atoms with Gasteiger partial charge in [-0.3, -0.25) is 9.59 Å². The molecule has 2 aromatic rings. The van der Waals surface area contributed by atoms with Gasteiger partial charge in [0.15, 0.2) is 0 Å². The van der Waals surface area contributed by atoms with Crippen molar-refractivity contribution in [2.24, 2.45) is 0 Å². The maximum atomic E-state index is 12.5. The molecule has 4 heteroatoms. The maximum absolute atomic E-state index is 12.5. The van der Waals surface area contributed by atoms with Crippen LogP contribution in [0.15, 0.2) is 54.6 Å². The van der Waals surface area contributed by atoms with Crippen LogP contribution >= 0.6 is 0 Å². The molecule has 0 radical (unpaired) electrons. The van der Waals surface area contributed by atoms with Crippen LogP contribution in [0.1, 0.15) is 23.2 Å². The monoisotopic (exact) mass is 294 g/mol. The fourth-order valence-corrected chi connectivity index (χ4v) is 2.67. The molecular weight excluding hydrogens is 276 g/mol. The number of nitrogens with zero attached hydrogens (tertiary/aromatic N) is 2. The van der Waals surface area contributed by atoms with Gasteiger partial charge in [-0.1, -0.05) is 18.2 Å². The molecule has 1 saturated heterocycles. The molecular formula is C18H18N2O2. The SMILES string of the molecule is CN(C(=O)c1ccc(N2CCCC2=O)cc1)c1ccccc1. The van der Waals surface area contributed by atoms with Gasteiger partial charge in [-0.25, -0.2) is 0 Å². The fraction of sp³-hybridized carbons (Fsp3) is 0.222. The number of rotatable bonds is 3. The zero-order valence-corrected chi connectivity index (χ0v) is 12.5. The normalized spacial score (nSPS) is 14.2. The summed E-state index contributed by atoms with van der Waals surface area (Å²) >= 11 is 0. The Morgan fingerprint density at radius 3 is 2.32 bits per heavy atom. The number of anilines is 2. The molecule has 0 bridgehead atoms. The van der Waals surface area contributed by atoms with Gasteiger partial charge in [-0.15, -0.1) is 0 Å². The van der Waals surface area contributed by atoms with Crippen molar-refractivity contribution >= 4 is 23.2 Å². The van der Waals surface area contributed by atoms with Crippen LogP contribution in [-0.4, -0.2) is 25.4 Å². The minimum absolute atomic E-state index is 0.0644. The van der Waals surface area contributed by atoms with Crippen molar-refractivity contribution in [2.45, 2.75) is 12.8 Å². The highest BCUT2D eigenvalue weighted by atomic mass is 16.2. The second-order valence-corrected chi connectivity index (χ2v) is 5.40. The fourth-order valence-electron chi connectivity index (χ4n) is 2.67. The summed E-state index contributed by atoms with van der Waals surface area (Å²) in [4.78, 5) is 27.6. The Morgan fingerprint density at radius 1 is 1.05 bits per heavy atom. The molecule has 2 aromatic carbocycles. The zero-order chi connectivity index (χ0) is 15.5. The third-order valence-corrected chi connectivity index (χ3v) is 3.95. The molecule has 0 aliphatic carbocycles. The molecule has 1 aliphatic rings.